The van der Waals surface area contributed by atoms with E-state index in [0.717, 1.165) is 0 Å². The number of rotatable bonds is 5. The Labute approximate surface area is 162 Å². The summed E-state index contributed by atoms with van der Waals surface area (Å²) in [6, 6.07) is 5.45. The third kappa shape index (κ3) is 3.58. The lowest BCUT2D eigenvalue weighted by atomic mass is 9.98. The largest absolute Gasteiger partial charge is 0.495 e. The molecule has 0 saturated heterocycles. The van der Waals surface area contributed by atoms with Gasteiger partial charge in [0.05, 0.1) is 17.7 Å². The number of sulfonamides is 1. The Bertz CT molecular complexity index is 1170. The van der Waals surface area contributed by atoms with Crippen LogP contribution in [0.1, 0.15) is 5.76 Å². The van der Waals surface area contributed by atoms with Gasteiger partial charge in [0, 0.05) is 11.1 Å². The van der Waals surface area contributed by atoms with Crippen LogP contribution < -0.4 is 9.88 Å². The van der Waals surface area contributed by atoms with E-state index in [1.807, 2.05) is 0 Å². The van der Waals surface area contributed by atoms with E-state index >= 15 is 0 Å². The number of halogens is 4. The number of methoxy groups -OCH3 is 1. The average Bonchev–Trinajstić information content (AvgIpc) is 3.06. The minimum absolute atomic E-state index is 0.00993. The summed E-state index contributed by atoms with van der Waals surface area (Å²) in [5.41, 5.74) is -0.300. The number of ether oxygens (including phenoxy) is 1. The highest BCUT2D eigenvalue weighted by atomic mass is 35.5. The highest BCUT2D eigenvalue weighted by Gasteiger charge is 2.26. The van der Waals surface area contributed by atoms with Gasteiger partial charge in [0.15, 0.2) is 12.4 Å². The van der Waals surface area contributed by atoms with Gasteiger partial charge in [0.25, 0.3) is 0 Å². The second kappa shape index (κ2) is 7.46. The Morgan fingerprint density at radius 1 is 1.21 bits per heavy atom. The maximum Gasteiger partial charge on any atom is 0.241 e. The Morgan fingerprint density at radius 3 is 2.54 bits per heavy atom. The SMILES string of the molecule is COc1cc(-c2noc(CF)c2-c2cc(F)c(S(N)(=O)=O)cc2F)ccc1Cl. The number of aromatic nitrogens is 1. The normalized spacial score (nSPS) is 11.6. The molecule has 0 aliphatic carbocycles. The molecule has 28 heavy (non-hydrogen) atoms. The van der Waals surface area contributed by atoms with Crippen LogP contribution in [0.15, 0.2) is 39.8 Å². The van der Waals surface area contributed by atoms with Crippen molar-refractivity contribution in [2.75, 3.05) is 7.11 Å². The van der Waals surface area contributed by atoms with Crippen molar-refractivity contribution < 1.29 is 30.8 Å². The van der Waals surface area contributed by atoms with E-state index in [1.54, 1.807) is 0 Å². The van der Waals surface area contributed by atoms with Gasteiger partial charge in [-0.25, -0.2) is 26.7 Å². The summed E-state index contributed by atoms with van der Waals surface area (Å²) in [6.07, 6.45) is 0. The molecule has 1 heterocycles. The van der Waals surface area contributed by atoms with Crippen molar-refractivity contribution in [2.45, 2.75) is 11.6 Å². The molecule has 0 bridgehead atoms. The number of hydrogen-bond acceptors (Lipinski definition) is 5. The molecule has 2 aromatic carbocycles. The number of primary sulfonamides is 1. The Hall–Kier alpha value is -2.56. The van der Waals surface area contributed by atoms with Crippen molar-refractivity contribution in [2.24, 2.45) is 5.14 Å². The quantitative estimate of drug-likeness (QED) is 0.655. The third-order valence-electron chi connectivity index (χ3n) is 3.91. The van der Waals surface area contributed by atoms with Gasteiger partial charge in [-0.2, -0.15) is 0 Å². The molecule has 11 heteroatoms. The molecule has 0 spiro atoms. The second-order valence-corrected chi connectivity index (χ2v) is 7.56. The summed E-state index contributed by atoms with van der Waals surface area (Å²) >= 11 is 5.97. The minimum atomic E-state index is -4.49. The van der Waals surface area contributed by atoms with Crippen LogP contribution >= 0.6 is 11.6 Å². The molecule has 3 rings (SSSR count). The van der Waals surface area contributed by atoms with Crippen LogP contribution in [0.25, 0.3) is 22.4 Å². The van der Waals surface area contributed by atoms with Crippen molar-refractivity contribution in [1.82, 2.24) is 5.16 Å². The smallest absolute Gasteiger partial charge is 0.241 e. The van der Waals surface area contributed by atoms with Gasteiger partial charge >= 0.3 is 0 Å². The fourth-order valence-electron chi connectivity index (χ4n) is 2.64. The molecular formula is C17H12ClF3N2O4S. The average molecular weight is 433 g/mol. The zero-order chi connectivity index (χ0) is 20.6. The summed E-state index contributed by atoms with van der Waals surface area (Å²) in [5, 5.41) is 8.89. The van der Waals surface area contributed by atoms with Crippen molar-refractivity contribution in [3.63, 3.8) is 0 Å². The maximum absolute atomic E-state index is 14.6. The summed E-state index contributed by atoms with van der Waals surface area (Å²) in [5.74, 6) is -2.55. The number of alkyl halides is 1. The molecule has 0 fully saturated rings. The first-order valence-corrected chi connectivity index (χ1v) is 9.50. The molecule has 0 radical (unpaired) electrons. The first kappa shape index (κ1) is 20.2. The van der Waals surface area contributed by atoms with Gasteiger partial charge in [-0.3, -0.25) is 0 Å². The van der Waals surface area contributed by atoms with Gasteiger partial charge in [-0.1, -0.05) is 22.8 Å². The van der Waals surface area contributed by atoms with E-state index in [1.165, 1.54) is 25.3 Å². The van der Waals surface area contributed by atoms with Gasteiger partial charge in [0.2, 0.25) is 10.0 Å². The standard InChI is InChI=1S/C17H12ClF3N2O4S/c1-26-13-4-8(2-3-10(13)18)17-16(14(7-19)27-23-17)9-5-12(21)15(6-11(9)20)28(22,24)25/h2-6H,7H2,1H3,(H2,22,24,25). The van der Waals surface area contributed by atoms with Crippen LogP contribution in [-0.2, 0) is 16.7 Å². The molecule has 6 nitrogen and oxygen atoms in total. The molecule has 1 aromatic heterocycles. The fourth-order valence-corrected chi connectivity index (χ4v) is 3.43. The number of benzene rings is 2. The van der Waals surface area contributed by atoms with Gasteiger partial charge in [-0.05, 0) is 24.3 Å². The lowest BCUT2D eigenvalue weighted by Crippen LogP contribution is -2.14. The van der Waals surface area contributed by atoms with Crippen molar-refractivity contribution >= 4 is 21.6 Å². The van der Waals surface area contributed by atoms with Crippen LogP contribution in [0.3, 0.4) is 0 Å². The lowest BCUT2D eigenvalue weighted by molar-refractivity contribution is 0.332. The second-order valence-electron chi connectivity index (χ2n) is 5.62. The van der Waals surface area contributed by atoms with Gasteiger partial charge in [0.1, 0.15) is 28.0 Å². The minimum Gasteiger partial charge on any atom is -0.495 e. The highest BCUT2D eigenvalue weighted by molar-refractivity contribution is 7.89. The summed E-state index contributed by atoms with van der Waals surface area (Å²) in [7, 11) is -3.11. The van der Waals surface area contributed by atoms with Crippen molar-refractivity contribution in [3.05, 3.63) is 52.7 Å². The molecule has 0 atom stereocenters. The molecular weight excluding hydrogens is 421 g/mol. The fraction of sp³-hybridized carbons (Fsp3) is 0.118. The molecule has 3 aromatic rings. The predicted octanol–water partition coefficient (Wildman–Crippen LogP) is 4.07. The number of nitrogens with zero attached hydrogens (tertiary/aromatic N) is 1. The van der Waals surface area contributed by atoms with Crippen LogP contribution in [0.2, 0.25) is 5.02 Å². The highest BCUT2D eigenvalue weighted by Crippen LogP contribution is 2.39. The van der Waals surface area contributed by atoms with Crippen molar-refractivity contribution in [3.8, 4) is 28.1 Å². The third-order valence-corrected chi connectivity index (χ3v) is 5.14. The topological polar surface area (TPSA) is 95.4 Å². The molecule has 0 amide bonds. The number of nitrogens with two attached hydrogens (primary N) is 1. The number of hydrogen-bond donors (Lipinski definition) is 1. The van der Waals surface area contributed by atoms with E-state index in [2.05, 4.69) is 5.16 Å². The van der Waals surface area contributed by atoms with Gasteiger partial charge in [-0.15, -0.1) is 0 Å². The first-order chi connectivity index (χ1) is 13.2. The summed E-state index contributed by atoms with van der Waals surface area (Å²) < 4.78 is 75.0. The first-order valence-electron chi connectivity index (χ1n) is 7.58. The molecule has 0 unspecified atom stereocenters. The van der Waals surface area contributed by atoms with Crippen molar-refractivity contribution in [1.29, 1.82) is 0 Å². The maximum atomic E-state index is 14.6. The monoisotopic (exact) mass is 432 g/mol. The van der Waals surface area contributed by atoms with Crippen LogP contribution in [0.5, 0.6) is 5.75 Å². The molecule has 0 aliphatic heterocycles. The predicted molar refractivity (Wildman–Crippen MR) is 95.0 cm³/mol. The van der Waals surface area contributed by atoms with E-state index < -0.39 is 38.8 Å². The Balaban J connectivity index is 2.27. The van der Waals surface area contributed by atoms with E-state index in [9.17, 15) is 21.6 Å². The molecule has 0 saturated carbocycles. The molecule has 0 aliphatic rings. The molecule has 148 valence electrons. The zero-order valence-corrected chi connectivity index (χ0v) is 15.7. The summed E-state index contributed by atoms with van der Waals surface area (Å²) in [4.78, 5) is -1.03. The van der Waals surface area contributed by atoms with Crippen LogP contribution in [0.4, 0.5) is 13.2 Å². The van der Waals surface area contributed by atoms with E-state index in [4.69, 9.17) is 26.0 Å². The van der Waals surface area contributed by atoms with E-state index in [-0.39, 0.29) is 27.8 Å². The van der Waals surface area contributed by atoms with Crippen LogP contribution in [0, 0.1) is 11.6 Å². The van der Waals surface area contributed by atoms with Crippen LogP contribution in [-0.4, -0.2) is 20.7 Å². The Morgan fingerprint density at radius 2 is 1.93 bits per heavy atom. The molecule has 2 N–H and O–H groups in total. The zero-order valence-electron chi connectivity index (χ0n) is 14.2. The Kier molecular flexibility index (Phi) is 5.37. The van der Waals surface area contributed by atoms with E-state index in [0.29, 0.717) is 17.7 Å². The summed E-state index contributed by atoms with van der Waals surface area (Å²) in [6.45, 7) is -1.16. The van der Waals surface area contributed by atoms with Gasteiger partial charge < -0.3 is 9.26 Å². The lowest BCUT2D eigenvalue weighted by Gasteiger charge is -2.09.